The van der Waals surface area contributed by atoms with E-state index in [1.54, 1.807) is 24.3 Å². The Kier molecular flexibility index (Phi) is 11.7. The zero-order valence-corrected chi connectivity index (χ0v) is 27.2. The SMILES string of the molecule is CC[C@@H](C(=O)NC1CCCCC1)N(Cc1ccc(Cl)cc1)C(=O)CN(c1ccc(F)cc1)S(=O)(=O)c1ccc(OC)c(OC)c1. The van der Waals surface area contributed by atoms with Crippen molar-refractivity contribution in [3.05, 3.63) is 83.1 Å². The van der Waals surface area contributed by atoms with Gasteiger partial charge in [-0.25, -0.2) is 12.8 Å². The number of amides is 2. The first kappa shape index (κ1) is 34.1. The molecule has 0 heterocycles. The quantitative estimate of drug-likeness (QED) is 0.243. The lowest BCUT2D eigenvalue weighted by atomic mass is 9.95. The highest BCUT2D eigenvalue weighted by atomic mass is 35.5. The molecule has 1 atom stereocenters. The van der Waals surface area contributed by atoms with Crippen molar-refractivity contribution < 1.29 is 31.9 Å². The number of halogens is 2. The minimum absolute atomic E-state index is 0.0222. The van der Waals surface area contributed by atoms with Gasteiger partial charge in [0.25, 0.3) is 10.0 Å². The average molecular weight is 660 g/mol. The predicted molar refractivity (Wildman–Crippen MR) is 172 cm³/mol. The summed E-state index contributed by atoms with van der Waals surface area (Å²) in [4.78, 5) is 29.2. The number of benzene rings is 3. The van der Waals surface area contributed by atoms with Gasteiger partial charge < -0.3 is 19.7 Å². The lowest BCUT2D eigenvalue weighted by Gasteiger charge is -2.34. The van der Waals surface area contributed by atoms with E-state index in [2.05, 4.69) is 5.32 Å². The largest absolute Gasteiger partial charge is 0.493 e. The minimum Gasteiger partial charge on any atom is -0.493 e. The topological polar surface area (TPSA) is 105 Å². The Balaban J connectivity index is 1.73. The van der Waals surface area contributed by atoms with Crippen LogP contribution in [-0.2, 0) is 26.2 Å². The van der Waals surface area contributed by atoms with E-state index >= 15 is 0 Å². The number of rotatable bonds is 13. The maximum Gasteiger partial charge on any atom is 0.264 e. The second-order valence-corrected chi connectivity index (χ2v) is 13.2. The van der Waals surface area contributed by atoms with E-state index in [4.69, 9.17) is 21.1 Å². The van der Waals surface area contributed by atoms with Gasteiger partial charge in [0.2, 0.25) is 11.8 Å². The van der Waals surface area contributed by atoms with E-state index in [0.29, 0.717) is 22.8 Å². The molecular weight excluding hydrogens is 621 g/mol. The van der Waals surface area contributed by atoms with E-state index in [9.17, 15) is 22.4 Å². The summed E-state index contributed by atoms with van der Waals surface area (Å²) in [5.74, 6) is -0.960. The van der Waals surface area contributed by atoms with E-state index in [1.807, 2.05) is 6.92 Å². The first-order valence-corrected chi connectivity index (χ1v) is 16.7. The summed E-state index contributed by atoms with van der Waals surface area (Å²) in [7, 11) is -1.58. The Labute approximate surface area is 269 Å². The van der Waals surface area contributed by atoms with Crippen LogP contribution in [0.4, 0.5) is 10.1 Å². The number of carbonyl (C=O) groups is 2. The van der Waals surface area contributed by atoms with Crippen molar-refractivity contribution in [1.82, 2.24) is 10.2 Å². The molecule has 0 saturated heterocycles. The van der Waals surface area contributed by atoms with Gasteiger partial charge in [0.1, 0.15) is 18.4 Å². The standard InChI is InChI=1S/C33H39ClFN3O6S/c1-4-29(33(40)36-26-8-6-5-7-9-26)37(21-23-10-12-24(34)13-11-23)32(39)22-38(27-16-14-25(35)15-17-27)45(41,42)28-18-19-30(43-2)31(20-28)44-3/h10-20,26,29H,4-9,21-22H2,1-3H3,(H,36,40)/t29-/m0/s1. The second-order valence-electron chi connectivity index (χ2n) is 10.9. The van der Waals surface area contributed by atoms with Crippen molar-refractivity contribution in [3.8, 4) is 11.5 Å². The number of anilines is 1. The van der Waals surface area contributed by atoms with Gasteiger partial charge in [0.15, 0.2) is 11.5 Å². The molecular formula is C33H39ClFN3O6S. The van der Waals surface area contributed by atoms with Gasteiger partial charge >= 0.3 is 0 Å². The van der Waals surface area contributed by atoms with Crippen molar-refractivity contribution in [2.24, 2.45) is 0 Å². The average Bonchev–Trinajstić information content (AvgIpc) is 3.04. The number of nitrogens with zero attached hydrogens (tertiary/aromatic N) is 2. The number of nitrogens with one attached hydrogen (secondary N) is 1. The molecule has 1 fully saturated rings. The molecule has 45 heavy (non-hydrogen) atoms. The smallest absolute Gasteiger partial charge is 0.264 e. The molecule has 0 aromatic heterocycles. The lowest BCUT2D eigenvalue weighted by Crippen LogP contribution is -2.54. The lowest BCUT2D eigenvalue weighted by molar-refractivity contribution is -0.140. The van der Waals surface area contributed by atoms with Crippen LogP contribution in [0.2, 0.25) is 5.02 Å². The third kappa shape index (κ3) is 8.46. The molecule has 9 nitrogen and oxygen atoms in total. The number of hydrogen-bond acceptors (Lipinski definition) is 6. The van der Waals surface area contributed by atoms with Crippen LogP contribution in [-0.4, -0.2) is 58.0 Å². The molecule has 1 aliphatic carbocycles. The summed E-state index contributed by atoms with van der Waals surface area (Å²) < 4.78 is 53.7. The van der Waals surface area contributed by atoms with Crippen molar-refractivity contribution in [2.75, 3.05) is 25.1 Å². The molecule has 0 aliphatic heterocycles. The molecule has 1 saturated carbocycles. The molecule has 4 rings (SSSR count). The highest BCUT2D eigenvalue weighted by Crippen LogP contribution is 2.32. The van der Waals surface area contributed by atoms with Crippen molar-refractivity contribution >= 4 is 39.1 Å². The zero-order chi connectivity index (χ0) is 32.6. The van der Waals surface area contributed by atoms with Gasteiger partial charge in [-0.2, -0.15) is 0 Å². The van der Waals surface area contributed by atoms with Crippen LogP contribution < -0.4 is 19.1 Å². The van der Waals surface area contributed by atoms with Crippen LogP contribution in [0.25, 0.3) is 0 Å². The summed E-state index contributed by atoms with van der Waals surface area (Å²) in [6.07, 6.45) is 5.21. The number of methoxy groups -OCH3 is 2. The van der Waals surface area contributed by atoms with Crippen LogP contribution in [0.5, 0.6) is 11.5 Å². The summed E-state index contributed by atoms with van der Waals surface area (Å²) in [6.45, 7) is 1.20. The fourth-order valence-electron chi connectivity index (χ4n) is 5.49. The second kappa shape index (κ2) is 15.4. The number of carbonyl (C=O) groups excluding carboxylic acids is 2. The number of hydrogen-bond donors (Lipinski definition) is 1. The Bertz CT molecular complexity index is 1560. The van der Waals surface area contributed by atoms with E-state index in [1.165, 1.54) is 49.5 Å². The van der Waals surface area contributed by atoms with Gasteiger partial charge in [-0.05, 0) is 73.4 Å². The van der Waals surface area contributed by atoms with Crippen LogP contribution >= 0.6 is 11.6 Å². The highest BCUT2D eigenvalue weighted by Gasteiger charge is 2.35. The van der Waals surface area contributed by atoms with Gasteiger partial charge in [-0.3, -0.25) is 13.9 Å². The molecule has 3 aromatic rings. The van der Waals surface area contributed by atoms with Gasteiger partial charge in [-0.1, -0.05) is 49.9 Å². The Hall–Kier alpha value is -3.83. The molecule has 3 aromatic carbocycles. The molecule has 242 valence electrons. The van der Waals surface area contributed by atoms with E-state index in [-0.39, 0.29) is 34.8 Å². The first-order chi connectivity index (χ1) is 21.6. The van der Waals surface area contributed by atoms with Crippen molar-refractivity contribution in [2.45, 2.75) is 69.0 Å². The Morgan fingerprint density at radius 3 is 2.20 bits per heavy atom. The van der Waals surface area contributed by atoms with Crippen LogP contribution in [0.3, 0.4) is 0 Å². The molecule has 1 aliphatic rings. The maximum atomic E-state index is 14.3. The van der Waals surface area contributed by atoms with Crippen LogP contribution in [0.1, 0.15) is 51.0 Å². The Morgan fingerprint density at radius 1 is 0.956 bits per heavy atom. The maximum absolute atomic E-state index is 14.3. The van der Waals surface area contributed by atoms with E-state index < -0.39 is 34.3 Å². The first-order valence-electron chi connectivity index (χ1n) is 14.9. The third-order valence-electron chi connectivity index (χ3n) is 7.94. The Morgan fingerprint density at radius 2 is 1.60 bits per heavy atom. The number of ether oxygens (including phenoxy) is 2. The summed E-state index contributed by atoms with van der Waals surface area (Å²) in [6, 6.07) is 15.0. The molecule has 12 heteroatoms. The van der Waals surface area contributed by atoms with Gasteiger partial charge in [-0.15, -0.1) is 0 Å². The minimum atomic E-state index is -4.40. The van der Waals surface area contributed by atoms with Crippen LogP contribution in [0.15, 0.2) is 71.6 Å². The van der Waals surface area contributed by atoms with Crippen molar-refractivity contribution in [1.29, 1.82) is 0 Å². The fraction of sp³-hybridized carbons (Fsp3) is 0.394. The van der Waals surface area contributed by atoms with Crippen molar-refractivity contribution in [3.63, 3.8) is 0 Å². The summed E-state index contributed by atoms with van der Waals surface area (Å²) in [5, 5.41) is 3.63. The van der Waals surface area contributed by atoms with Crippen LogP contribution in [0, 0.1) is 5.82 Å². The fourth-order valence-corrected chi connectivity index (χ4v) is 7.05. The van der Waals surface area contributed by atoms with Gasteiger partial charge in [0, 0.05) is 23.7 Å². The zero-order valence-electron chi connectivity index (χ0n) is 25.7. The monoisotopic (exact) mass is 659 g/mol. The number of sulfonamides is 1. The highest BCUT2D eigenvalue weighted by molar-refractivity contribution is 7.92. The third-order valence-corrected chi connectivity index (χ3v) is 9.96. The molecule has 0 unspecified atom stereocenters. The molecule has 0 spiro atoms. The summed E-state index contributed by atoms with van der Waals surface area (Å²) >= 11 is 6.09. The van der Waals surface area contributed by atoms with Gasteiger partial charge in [0.05, 0.1) is 24.8 Å². The molecule has 2 amide bonds. The normalized spacial score (nSPS) is 14.3. The molecule has 1 N–H and O–H groups in total. The molecule has 0 bridgehead atoms. The predicted octanol–water partition coefficient (Wildman–Crippen LogP) is 5.95. The molecule has 0 radical (unpaired) electrons. The van der Waals surface area contributed by atoms with E-state index in [0.717, 1.165) is 48.5 Å². The summed E-state index contributed by atoms with van der Waals surface area (Å²) in [5.41, 5.74) is 0.790.